The Kier molecular flexibility index (Phi) is 7.87. The van der Waals surface area contributed by atoms with Crippen LogP contribution in [0.1, 0.15) is 33.1 Å². The number of aromatic nitrogens is 2. The van der Waals surface area contributed by atoms with Gasteiger partial charge in [0.2, 0.25) is 5.94 Å². The van der Waals surface area contributed by atoms with Crippen molar-refractivity contribution >= 4 is 44.7 Å². The Morgan fingerprint density at radius 3 is 2.50 bits per heavy atom. The van der Waals surface area contributed by atoms with E-state index in [1.54, 1.807) is 16.2 Å². The Morgan fingerprint density at radius 1 is 1.10 bits per heavy atom. The molecule has 5 nitrogen and oxygen atoms in total. The number of ether oxygens (including phenoxy) is 1. The molecule has 1 aliphatic rings. The first kappa shape index (κ1) is 23.2. The van der Waals surface area contributed by atoms with E-state index in [0.717, 1.165) is 39.0 Å². The zero-order valence-electron chi connectivity index (χ0n) is 18.2. The predicted octanol–water partition coefficient (Wildman–Crippen LogP) is 2.72. The van der Waals surface area contributed by atoms with Crippen LogP contribution < -0.4 is 26.6 Å². The van der Waals surface area contributed by atoms with Crippen molar-refractivity contribution in [3.05, 3.63) is 49.6 Å². The summed E-state index contributed by atoms with van der Waals surface area (Å²) in [7, 11) is 1.96. The molecule has 3 rings (SSSR count). The molecule has 0 radical (unpaired) electrons. The van der Waals surface area contributed by atoms with Crippen molar-refractivity contribution in [1.29, 1.82) is 0 Å². The average Bonchev–Trinajstić information content (AvgIpc) is 3.13. The molecule has 1 aromatic heterocycles. The molecule has 1 aliphatic heterocycles. The number of fused-ring (bicyclic) bond motifs is 1. The van der Waals surface area contributed by atoms with Crippen LogP contribution in [-0.4, -0.2) is 27.6 Å². The number of rotatable bonds is 7. The fourth-order valence-corrected chi connectivity index (χ4v) is 6.09. The van der Waals surface area contributed by atoms with Crippen molar-refractivity contribution in [1.82, 2.24) is 9.13 Å². The van der Waals surface area contributed by atoms with E-state index in [2.05, 4.69) is 19.4 Å². The summed E-state index contributed by atoms with van der Waals surface area (Å²) in [6.45, 7) is 4.73. The Labute approximate surface area is 188 Å². The summed E-state index contributed by atoms with van der Waals surface area (Å²) in [4.78, 5) is 28.6. The van der Waals surface area contributed by atoms with Crippen LogP contribution in [0.3, 0.4) is 0 Å². The topological polar surface area (TPSA) is 53.2 Å². The Hall–Kier alpha value is -1.51. The predicted molar refractivity (Wildman–Crippen MR) is 131 cm³/mol. The molecule has 0 N–H and O–H groups in total. The van der Waals surface area contributed by atoms with Crippen LogP contribution >= 0.6 is 23.5 Å². The van der Waals surface area contributed by atoms with Gasteiger partial charge in [-0.25, -0.2) is 0 Å². The fraction of sp³-hybridized carbons (Fsp3) is 0.455. The summed E-state index contributed by atoms with van der Waals surface area (Å²) in [5.74, 6) is 1.51. The lowest BCUT2D eigenvalue weighted by Gasteiger charge is -2.11. The molecule has 2 aromatic rings. The van der Waals surface area contributed by atoms with Crippen LogP contribution in [0.15, 0.2) is 37.6 Å². The fourth-order valence-electron chi connectivity index (χ4n) is 3.17. The summed E-state index contributed by atoms with van der Waals surface area (Å²) >= 11 is 2.99. The Bertz CT molecular complexity index is 1170. The molecule has 0 saturated carbocycles. The standard InChI is InChI=1S/C22H29N2O3S3/c1-6-8-12-24-18(9-7-2)23(3)20(25)19(21(24)26)22-28-16-11-10-15(13-17(16)29-22)27-14-30(4)5/h9-11,13H,6-8,12,14H2,1-5H3/q+1/b18-9+,22-19-. The molecule has 0 bridgehead atoms. The second-order valence-electron chi connectivity index (χ2n) is 7.37. The molecule has 0 unspecified atom stereocenters. The minimum atomic E-state index is -0.229. The minimum Gasteiger partial charge on any atom is -0.449 e. The summed E-state index contributed by atoms with van der Waals surface area (Å²) in [6, 6.07) is 5.98. The number of benzene rings is 1. The van der Waals surface area contributed by atoms with E-state index in [9.17, 15) is 9.59 Å². The molecule has 30 heavy (non-hydrogen) atoms. The lowest BCUT2D eigenvalue weighted by Crippen LogP contribution is -2.58. The van der Waals surface area contributed by atoms with Gasteiger partial charge < -0.3 is 4.74 Å². The van der Waals surface area contributed by atoms with Crippen molar-refractivity contribution in [2.45, 2.75) is 49.4 Å². The number of unbranched alkanes of at least 4 members (excludes halogenated alkanes) is 1. The van der Waals surface area contributed by atoms with E-state index in [1.165, 1.54) is 23.5 Å². The van der Waals surface area contributed by atoms with E-state index in [-0.39, 0.29) is 27.2 Å². The van der Waals surface area contributed by atoms with Crippen molar-refractivity contribution < 1.29 is 4.74 Å². The van der Waals surface area contributed by atoms with Gasteiger partial charge in [-0.1, -0.05) is 43.8 Å². The van der Waals surface area contributed by atoms with E-state index >= 15 is 0 Å². The summed E-state index contributed by atoms with van der Waals surface area (Å²) < 4.78 is 9.99. The van der Waals surface area contributed by atoms with E-state index in [4.69, 9.17) is 4.74 Å². The highest BCUT2D eigenvalue weighted by Gasteiger charge is 2.23. The van der Waals surface area contributed by atoms with Gasteiger partial charge in [-0.2, -0.15) is 0 Å². The lowest BCUT2D eigenvalue weighted by atomic mass is 10.3. The quantitative estimate of drug-likeness (QED) is 0.589. The van der Waals surface area contributed by atoms with Crippen LogP contribution in [0.2, 0.25) is 0 Å². The number of hydrogen-bond donors (Lipinski definition) is 0. The van der Waals surface area contributed by atoms with E-state index < -0.39 is 0 Å². The Balaban J connectivity index is 2.12. The van der Waals surface area contributed by atoms with Crippen molar-refractivity contribution in [2.24, 2.45) is 7.05 Å². The van der Waals surface area contributed by atoms with Gasteiger partial charge in [0.1, 0.15) is 29.0 Å². The maximum absolute atomic E-state index is 13.4. The van der Waals surface area contributed by atoms with E-state index in [0.29, 0.717) is 18.0 Å². The minimum absolute atomic E-state index is 0.188. The van der Waals surface area contributed by atoms with Crippen molar-refractivity contribution in [3.8, 4) is 5.75 Å². The van der Waals surface area contributed by atoms with Gasteiger partial charge in [-0.3, -0.25) is 18.7 Å². The first-order valence-corrected chi connectivity index (χ1v) is 13.9. The molecule has 0 atom stereocenters. The third-order valence-electron chi connectivity index (χ3n) is 4.71. The Morgan fingerprint density at radius 2 is 1.83 bits per heavy atom. The smallest absolute Gasteiger partial charge is 0.266 e. The van der Waals surface area contributed by atoms with E-state index in [1.807, 2.05) is 31.2 Å². The molecule has 8 heteroatoms. The average molecular weight is 466 g/mol. The highest BCUT2D eigenvalue weighted by molar-refractivity contribution is 8.32. The van der Waals surface area contributed by atoms with Crippen LogP contribution in [0.5, 0.6) is 5.75 Å². The summed E-state index contributed by atoms with van der Waals surface area (Å²) in [5, 5.41) is 0.277. The second-order valence-corrected chi connectivity index (χ2v) is 11.9. The molecular weight excluding hydrogens is 436 g/mol. The van der Waals surface area contributed by atoms with Crippen molar-refractivity contribution in [2.75, 3.05) is 18.5 Å². The summed E-state index contributed by atoms with van der Waals surface area (Å²) in [5.41, 5.74) is 0.278. The first-order valence-electron chi connectivity index (χ1n) is 10.1. The third-order valence-corrected chi connectivity index (χ3v) is 7.84. The van der Waals surface area contributed by atoms with Crippen LogP contribution in [0, 0.1) is 0 Å². The molecule has 0 saturated heterocycles. The van der Waals surface area contributed by atoms with Crippen LogP contribution in [-0.2, 0) is 24.5 Å². The molecule has 2 heterocycles. The molecule has 0 spiro atoms. The van der Waals surface area contributed by atoms with Gasteiger partial charge in [0, 0.05) is 34.3 Å². The van der Waals surface area contributed by atoms with Gasteiger partial charge in [-0.05, 0) is 37.1 Å². The highest BCUT2D eigenvalue weighted by Crippen LogP contribution is 2.52. The zero-order chi connectivity index (χ0) is 21.8. The monoisotopic (exact) mass is 465 g/mol. The van der Waals surface area contributed by atoms with Gasteiger partial charge >= 0.3 is 0 Å². The lowest BCUT2D eigenvalue weighted by molar-refractivity contribution is 0.389. The van der Waals surface area contributed by atoms with Gasteiger partial charge in [0.05, 0.1) is 4.24 Å². The van der Waals surface area contributed by atoms with Gasteiger partial charge in [0.15, 0.2) is 0 Å². The third kappa shape index (κ3) is 4.86. The summed E-state index contributed by atoms with van der Waals surface area (Å²) in [6.07, 6.45) is 8.89. The molecular formula is C22H29N2O3S3+. The van der Waals surface area contributed by atoms with Gasteiger partial charge in [-0.15, -0.1) is 0 Å². The van der Waals surface area contributed by atoms with Crippen molar-refractivity contribution in [3.63, 3.8) is 0 Å². The zero-order valence-corrected chi connectivity index (χ0v) is 20.6. The van der Waals surface area contributed by atoms with Gasteiger partial charge in [0.25, 0.3) is 11.1 Å². The number of nitrogens with zero attached hydrogens (tertiary/aromatic N) is 2. The molecule has 0 amide bonds. The SMILES string of the molecule is CC/C=c1\n(C)c(=O)/c(=C2\Sc3ccc(OC[S+](C)C)cc3S2)c(=O)n1CCCC. The molecule has 1 aromatic carbocycles. The maximum Gasteiger partial charge on any atom is 0.266 e. The number of hydrogen-bond acceptors (Lipinski definition) is 5. The highest BCUT2D eigenvalue weighted by atomic mass is 32.2. The van der Waals surface area contributed by atoms with Crippen LogP contribution in [0.25, 0.3) is 10.3 Å². The molecule has 0 fully saturated rings. The second kappa shape index (κ2) is 10.2. The maximum atomic E-state index is 13.4. The number of thioether (sulfide) groups is 2. The first-order chi connectivity index (χ1) is 14.4. The van der Waals surface area contributed by atoms with Crippen LogP contribution in [0.4, 0.5) is 0 Å². The largest absolute Gasteiger partial charge is 0.449 e. The molecule has 162 valence electrons. The normalized spacial score (nSPS) is 15.7. The molecule has 0 aliphatic carbocycles.